The van der Waals surface area contributed by atoms with Crippen LogP contribution in [0.3, 0.4) is 0 Å². The monoisotopic (exact) mass is 822 g/mol. The number of carbonyl (C=O) groups is 4. The van der Waals surface area contributed by atoms with E-state index in [9.17, 15) is 19.2 Å². The van der Waals surface area contributed by atoms with Gasteiger partial charge in [0.05, 0.1) is 45.4 Å². The van der Waals surface area contributed by atoms with E-state index in [-0.39, 0.29) is 50.5 Å². The molecule has 0 radical (unpaired) electrons. The lowest BCUT2D eigenvalue weighted by molar-refractivity contribution is 0.0591. The van der Waals surface area contributed by atoms with Gasteiger partial charge in [-0.1, -0.05) is 130 Å². The molecule has 13 heteroatoms. The topological polar surface area (TPSA) is 102 Å². The maximum atomic E-state index is 12.8. The number of methoxy groups -OCH3 is 2. The van der Waals surface area contributed by atoms with Crippen molar-refractivity contribution < 1.29 is 28.7 Å². The molecule has 0 spiro atoms. The summed E-state index contributed by atoms with van der Waals surface area (Å²) in [4.78, 5) is 49.5. The molecular formula is C37H35BrCl4N2O6. The second kappa shape index (κ2) is 19.1. The molecule has 50 heavy (non-hydrogen) atoms. The van der Waals surface area contributed by atoms with Crippen molar-refractivity contribution in [2.24, 2.45) is 0 Å². The molecule has 4 aromatic rings. The molecule has 2 aliphatic rings. The number of benzene rings is 4. The van der Waals surface area contributed by atoms with Gasteiger partial charge < -0.3 is 19.7 Å². The highest BCUT2D eigenvalue weighted by Crippen LogP contribution is 2.36. The number of carbonyl (C=O) groups excluding carboxylic acids is 4. The highest BCUT2D eigenvalue weighted by Gasteiger charge is 2.31. The van der Waals surface area contributed by atoms with Crippen LogP contribution in [0.15, 0.2) is 72.8 Å². The zero-order valence-electron chi connectivity index (χ0n) is 26.5. The Balaban J connectivity index is 0.000000226. The summed E-state index contributed by atoms with van der Waals surface area (Å²) in [5.74, 6) is -1.58. The Kier molecular flexibility index (Phi) is 15.6. The third-order valence-corrected chi connectivity index (χ3v) is 9.76. The smallest absolute Gasteiger partial charge is 0.340 e. The molecule has 2 heterocycles. The Bertz CT molecular complexity index is 1860. The van der Waals surface area contributed by atoms with E-state index in [0.29, 0.717) is 54.7 Å². The molecule has 0 aromatic heterocycles. The van der Waals surface area contributed by atoms with E-state index in [4.69, 9.17) is 51.1 Å². The quantitative estimate of drug-likeness (QED) is 0.159. The van der Waals surface area contributed by atoms with Crippen LogP contribution in [0.2, 0.25) is 20.1 Å². The largest absolute Gasteiger partial charge is 0.465 e. The first-order valence-electron chi connectivity index (χ1n) is 14.9. The van der Waals surface area contributed by atoms with Crippen LogP contribution in [-0.2, 0) is 34.2 Å². The molecule has 1 N–H and O–H groups in total. The van der Waals surface area contributed by atoms with Gasteiger partial charge in [-0.3, -0.25) is 9.59 Å². The minimum atomic E-state index is -0.605. The lowest BCUT2D eigenvalue weighted by Crippen LogP contribution is -2.37. The first-order chi connectivity index (χ1) is 23.5. The maximum absolute atomic E-state index is 12.8. The van der Waals surface area contributed by atoms with Gasteiger partial charge in [-0.05, 0) is 47.2 Å². The number of fused-ring (bicyclic) bond motifs is 2. The average molecular weight is 825 g/mol. The van der Waals surface area contributed by atoms with E-state index < -0.39 is 11.9 Å². The minimum absolute atomic E-state index is 0. The van der Waals surface area contributed by atoms with Crippen molar-refractivity contribution in [3.8, 4) is 0 Å². The molecule has 0 bridgehead atoms. The summed E-state index contributed by atoms with van der Waals surface area (Å²) < 4.78 is 9.32. The Labute approximate surface area is 320 Å². The van der Waals surface area contributed by atoms with Gasteiger partial charge in [0.15, 0.2) is 0 Å². The van der Waals surface area contributed by atoms with Crippen molar-refractivity contribution in [1.29, 1.82) is 0 Å². The van der Waals surface area contributed by atoms with Crippen LogP contribution in [0.5, 0.6) is 0 Å². The number of amides is 2. The molecular weight excluding hydrogens is 790 g/mol. The van der Waals surface area contributed by atoms with Crippen molar-refractivity contribution in [3.63, 3.8) is 0 Å². The average Bonchev–Trinajstić information content (AvgIpc) is 3.11. The first kappa shape index (κ1) is 40.8. The molecule has 0 saturated carbocycles. The van der Waals surface area contributed by atoms with Crippen LogP contribution in [-0.4, -0.2) is 56.0 Å². The minimum Gasteiger partial charge on any atom is -0.465 e. The predicted octanol–water partition coefficient (Wildman–Crippen LogP) is 9.26. The fourth-order valence-electron chi connectivity index (χ4n) is 5.22. The third-order valence-electron chi connectivity index (χ3n) is 7.69. The molecule has 0 fully saturated rings. The van der Waals surface area contributed by atoms with Crippen LogP contribution in [0.1, 0.15) is 71.1 Å². The Morgan fingerprint density at radius 1 is 0.760 bits per heavy atom. The first-order valence-corrected chi connectivity index (χ1v) is 17.5. The van der Waals surface area contributed by atoms with Crippen molar-refractivity contribution >= 4 is 86.1 Å². The number of nitrogens with one attached hydrogen (secondary N) is 1. The number of esters is 2. The Morgan fingerprint density at radius 2 is 1.24 bits per heavy atom. The number of nitrogens with zero attached hydrogens (tertiary/aromatic N) is 1. The summed E-state index contributed by atoms with van der Waals surface area (Å²) >= 11 is 27.9. The highest BCUT2D eigenvalue weighted by molar-refractivity contribution is 9.08. The summed E-state index contributed by atoms with van der Waals surface area (Å²) in [7, 11) is 2.52. The summed E-state index contributed by atoms with van der Waals surface area (Å²) in [6.45, 7) is 1.55. The van der Waals surface area contributed by atoms with Gasteiger partial charge >= 0.3 is 11.9 Å². The molecule has 6 rings (SSSR count). The van der Waals surface area contributed by atoms with Gasteiger partial charge in [-0.15, -0.1) is 0 Å². The normalized spacial score (nSPS) is 12.7. The van der Waals surface area contributed by atoms with E-state index >= 15 is 0 Å². The van der Waals surface area contributed by atoms with E-state index in [1.54, 1.807) is 4.90 Å². The molecule has 0 aliphatic carbocycles. The number of ether oxygens (including phenoxy) is 2. The Hall–Kier alpha value is -3.60. The highest BCUT2D eigenvalue weighted by atomic mass is 79.9. The molecule has 4 aromatic carbocycles. The van der Waals surface area contributed by atoms with Crippen LogP contribution in [0, 0.1) is 0 Å². The van der Waals surface area contributed by atoms with Crippen LogP contribution in [0.4, 0.5) is 0 Å². The van der Waals surface area contributed by atoms with Crippen molar-refractivity contribution in [3.05, 3.63) is 137 Å². The maximum Gasteiger partial charge on any atom is 0.340 e. The van der Waals surface area contributed by atoms with Crippen molar-refractivity contribution in [2.75, 3.05) is 27.3 Å². The van der Waals surface area contributed by atoms with Crippen molar-refractivity contribution in [2.45, 2.75) is 32.1 Å². The summed E-state index contributed by atoms with van der Waals surface area (Å²) in [6, 6.07) is 23.0. The fourth-order valence-corrected chi connectivity index (χ4v) is 7.00. The number of hydrogen-bond donors (Lipinski definition) is 1. The van der Waals surface area contributed by atoms with Crippen molar-refractivity contribution in [1.82, 2.24) is 10.2 Å². The zero-order valence-corrected chi connectivity index (χ0v) is 31.1. The number of alkyl halides is 1. The molecule has 0 atom stereocenters. The second-order valence-corrected chi connectivity index (χ2v) is 12.8. The molecule has 264 valence electrons. The fraction of sp³-hybridized carbons (Fsp3) is 0.243. The van der Waals surface area contributed by atoms with Gasteiger partial charge in [0, 0.05) is 36.1 Å². The molecule has 8 nitrogen and oxygen atoms in total. The van der Waals surface area contributed by atoms with E-state index in [0.717, 1.165) is 10.9 Å². The standard InChI is InChI=1S/C18H15Cl2NO3.C11H9Cl2NO3.C7H7Br.CH4/c1-24-18(23)15-14(19)9-13-12(16(15)20)7-8-21(17(13)22)10-11-5-3-2-4-6-11;1-17-11(16)8-7(12)4-6-5(9(8)13)2-3-14-10(6)15;8-6-7-4-2-1-3-5-7;/h2-6,9H,7-8,10H2,1H3;4H,2-3H2,1H3,(H,14,15);1-5H,6H2;1H4. The number of halogens is 5. The van der Waals surface area contributed by atoms with E-state index in [2.05, 4.69) is 38.1 Å². The van der Waals surface area contributed by atoms with Crippen LogP contribution < -0.4 is 5.32 Å². The molecule has 0 saturated heterocycles. The van der Waals surface area contributed by atoms with Gasteiger partial charge in [-0.2, -0.15) is 0 Å². The SMILES string of the molecule is BrCc1ccccc1.C.COC(=O)c1c(Cl)cc2c(c1Cl)CCN(Cc1ccccc1)C2=O.COC(=O)c1c(Cl)cc2c(c1Cl)CCNC2=O. The summed E-state index contributed by atoms with van der Waals surface area (Å²) in [5, 5.41) is 4.29. The van der Waals surface area contributed by atoms with E-state index in [1.165, 1.54) is 31.9 Å². The number of hydrogen-bond acceptors (Lipinski definition) is 6. The second-order valence-electron chi connectivity index (χ2n) is 10.7. The molecule has 0 unspecified atom stereocenters. The van der Waals surface area contributed by atoms with Gasteiger partial charge in [0.2, 0.25) is 0 Å². The molecule has 2 amide bonds. The molecule has 2 aliphatic heterocycles. The summed E-state index contributed by atoms with van der Waals surface area (Å²) in [5.41, 5.74) is 4.76. The Morgan fingerprint density at radius 3 is 1.72 bits per heavy atom. The van der Waals surface area contributed by atoms with Crippen LogP contribution >= 0.6 is 62.3 Å². The van der Waals surface area contributed by atoms with E-state index in [1.807, 2.05) is 48.5 Å². The predicted molar refractivity (Wildman–Crippen MR) is 202 cm³/mol. The van der Waals surface area contributed by atoms with Gasteiger partial charge in [-0.25, -0.2) is 9.59 Å². The van der Waals surface area contributed by atoms with Gasteiger partial charge in [0.25, 0.3) is 11.8 Å². The summed E-state index contributed by atoms with van der Waals surface area (Å²) in [6.07, 6.45) is 1.13. The lowest BCUT2D eigenvalue weighted by Gasteiger charge is -2.30. The third kappa shape index (κ3) is 9.59. The van der Waals surface area contributed by atoms with Crippen LogP contribution in [0.25, 0.3) is 0 Å². The number of rotatable bonds is 5. The van der Waals surface area contributed by atoms with Gasteiger partial charge in [0.1, 0.15) is 0 Å². The zero-order chi connectivity index (χ0) is 35.7. The lowest BCUT2D eigenvalue weighted by atomic mass is 9.95.